The van der Waals surface area contributed by atoms with E-state index in [0.29, 0.717) is 32.4 Å². The molecule has 4 aliphatic heterocycles. The summed E-state index contributed by atoms with van der Waals surface area (Å²) in [6, 6.07) is 7.90. The van der Waals surface area contributed by atoms with Gasteiger partial charge in [-0.2, -0.15) is 0 Å². The number of aliphatic hydroxyl groups excluding tert-OH is 1. The summed E-state index contributed by atoms with van der Waals surface area (Å²) < 4.78 is 13.0. The van der Waals surface area contributed by atoms with Crippen molar-refractivity contribution in [1.82, 2.24) is 14.7 Å². The lowest BCUT2D eigenvalue weighted by Gasteiger charge is -2.35. The number of likely N-dealkylation sites (N-methyl/N-ethyl adjacent to an activating group) is 1. The molecule has 0 aromatic heterocycles. The fraction of sp³-hybridized carbons (Fsp3) is 0.588. The van der Waals surface area contributed by atoms with Gasteiger partial charge in [-0.15, -0.1) is 0 Å². The van der Waals surface area contributed by atoms with Crippen LogP contribution in [-0.4, -0.2) is 101 Å². The molecule has 1 spiro atoms. The van der Waals surface area contributed by atoms with Gasteiger partial charge in [0.15, 0.2) is 0 Å². The monoisotopic (exact) mass is 607 g/mol. The van der Waals surface area contributed by atoms with E-state index in [9.17, 15) is 24.3 Å². The Morgan fingerprint density at radius 2 is 1.77 bits per heavy atom. The average molecular weight is 608 g/mol. The number of carbonyl (C=O) groups is 4. The lowest BCUT2D eigenvalue weighted by molar-refractivity contribution is -0.164. The number of rotatable bonds is 8. The molecule has 10 heteroatoms. The fourth-order valence-electron chi connectivity index (χ4n) is 7.12. The quantitative estimate of drug-likeness (QED) is 0.274. The molecule has 1 aromatic carbocycles. The number of ether oxygens (including phenoxy) is 2. The first kappa shape index (κ1) is 31.9. The zero-order chi connectivity index (χ0) is 31.4. The minimum Gasteiger partial charge on any atom is -0.455 e. The van der Waals surface area contributed by atoms with Gasteiger partial charge in [0.25, 0.3) is 0 Å². The Bertz CT molecular complexity index is 1280. The second-order valence-corrected chi connectivity index (χ2v) is 12.3. The Morgan fingerprint density at radius 3 is 2.50 bits per heavy atom. The maximum absolute atomic E-state index is 14.4. The number of likely N-dealkylation sites (tertiary alicyclic amines) is 1. The second kappa shape index (κ2) is 13.6. The molecule has 5 rings (SSSR count). The van der Waals surface area contributed by atoms with Gasteiger partial charge in [-0.05, 0) is 38.2 Å². The smallest absolute Gasteiger partial charge is 0.313 e. The number of hydrogen-bond acceptors (Lipinski definition) is 7. The summed E-state index contributed by atoms with van der Waals surface area (Å²) in [5, 5.41) is 9.44. The van der Waals surface area contributed by atoms with Crippen molar-refractivity contribution in [3.8, 4) is 0 Å². The Morgan fingerprint density at radius 1 is 1.00 bits per heavy atom. The van der Waals surface area contributed by atoms with E-state index < -0.39 is 47.7 Å². The third-order valence-corrected chi connectivity index (χ3v) is 9.60. The van der Waals surface area contributed by atoms with Gasteiger partial charge < -0.3 is 29.3 Å². The van der Waals surface area contributed by atoms with Crippen LogP contribution in [0, 0.1) is 11.8 Å². The minimum absolute atomic E-state index is 0.0218. The van der Waals surface area contributed by atoms with Crippen LogP contribution in [0.5, 0.6) is 0 Å². The summed E-state index contributed by atoms with van der Waals surface area (Å²) in [5.41, 5.74) is -0.614. The van der Waals surface area contributed by atoms with Crippen molar-refractivity contribution < 1.29 is 33.8 Å². The Kier molecular flexibility index (Phi) is 9.90. The largest absolute Gasteiger partial charge is 0.455 e. The third-order valence-electron chi connectivity index (χ3n) is 9.60. The molecule has 238 valence electrons. The number of hydrogen-bond donors (Lipinski definition) is 1. The molecule has 2 fully saturated rings. The highest BCUT2D eigenvalue weighted by Gasteiger charge is 2.71. The van der Waals surface area contributed by atoms with Crippen LogP contribution in [0.1, 0.15) is 64.0 Å². The van der Waals surface area contributed by atoms with Crippen LogP contribution in [0.15, 0.2) is 54.6 Å². The first-order valence-corrected chi connectivity index (χ1v) is 16.0. The maximum atomic E-state index is 14.4. The predicted molar refractivity (Wildman–Crippen MR) is 163 cm³/mol. The lowest BCUT2D eigenvalue weighted by atomic mass is 9.77. The van der Waals surface area contributed by atoms with Gasteiger partial charge in [-0.25, -0.2) is 0 Å². The fourth-order valence-corrected chi connectivity index (χ4v) is 7.12. The minimum atomic E-state index is -1.35. The number of unbranched alkanes of at least 4 members (excludes halogenated alkanes) is 2. The molecule has 1 N–H and O–H groups in total. The van der Waals surface area contributed by atoms with Crippen molar-refractivity contribution in [2.45, 2.75) is 82.3 Å². The molecule has 0 saturated carbocycles. The molecule has 44 heavy (non-hydrogen) atoms. The van der Waals surface area contributed by atoms with Gasteiger partial charge in [0, 0.05) is 39.7 Å². The molecule has 3 amide bonds. The highest BCUT2D eigenvalue weighted by molar-refractivity contribution is 5.99. The van der Waals surface area contributed by atoms with E-state index in [1.165, 1.54) is 0 Å². The number of amides is 3. The number of cyclic esters (lactones) is 1. The highest BCUT2D eigenvalue weighted by atomic mass is 16.6. The summed E-state index contributed by atoms with van der Waals surface area (Å²) in [5.74, 6) is -3.14. The zero-order valence-electron chi connectivity index (χ0n) is 26.0. The number of aliphatic hydroxyl groups is 1. The van der Waals surface area contributed by atoms with Gasteiger partial charge in [0.2, 0.25) is 17.7 Å². The van der Waals surface area contributed by atoms with Crippen molar-refractivity contribution in [3.05, 3.63) is 60.2 Å². The third kappa shape index (κ3) is 5.81. The van der Waals surface area contributed by atoms with E-state index >= 15 is 0 Å². The molecule has 7 atom stereocenters. The molecular weight excluding hydrogens is 562 g/mol. The number of benzene rings is 1. The van der Waals surface area contributed by atoms with E-state index in [1.54, 1.807) is 27.8 Å². The van der Waals surface area contributed by atoms with Crippen LogP contribution < -0.4 is 0 Å². The SMILES string of the molecule is CCCCN1CC=C[C@]23O[C@@H]4/C=C\CCC(=O)N(C)[C@H](C)[C@@H](c5ccccc5)OC(=O)[C@@H]4[C@H]2C(=O)N(CCCCO)[C@@H]3C1=O. The molecule has 0 bridgehead atoms. The molecule has 1 aromatic rings. The summed E-state index contributed by atoms with van der Waals surface area (Å²) in [4.78, 5) is 61.0. The van der Waals surface area contributed by atoms with E-state index in [2.05, 4.69) is 6.92 Å². The Labute approximate surface area is 259 Å². The van der Waals surface area contributed by atoms with Crippen LogP contribution >= 0.6 is 0 Å². The van der Waals surface area contributed by atoms with Crippen molar-refractivity contribution in [3.63, 3.8) is 0 Å². The summed E-state index contributed by atoms with van der Waals surface area (Å²) >= 11 is 0. The summed E-state index contributed by atoms with van der Waals surface area (Å²) in [6.07, 6.45) is 9.15. The van der Waals surface area contributed by atoms with Crippen molar-refractivity contribution >= 4 is 23.7 Å². The first-order chi connectivity index (χ1) is 21.2. The van der Waals surface area contributed by atoms with Crippen LogP contribution in [-0.2, 0) is 28.7 Å². The summed E-state index contributed by atoms with van der Waals surface area (Å²) in [6.45, 7) is 5.12. The van der Waals surface area contributed by atoms with E-state index in [4.69, 9.17) is 9.47 Å². The van der Waals surface area contributed by atoms with Gasteiger partial charge in [-0.3, -0.25) is 19.2 Å². The Hall–Kier alpha value is -3.50. The number of fused-ring (bicyclic) bond motifs is 2. The van der Waals surface area contributed by atoms with Crippen molar-refractivity contribution in [2.24, 2.45) is 11.8 Å². The van der Waals surface area contributed by atoms with Crippen LogP contribution in [0.4, 0.5) is 0 Å². The number of allylic oxidation sites excluding steroid dienone is 1. The molecular formula is C34H45N3O7. The van der Waals surface area contributed by atoms with Crippen molar-refractivity contribution in [1.29, 1.82) is 0 Å². The molecule has 0 radical (unpaired) electrons. The van der Waals surface area contributed by atoms with Gasteiger partial charge in [0.05, 0.1) is 18.1 Å². The lowest BCUT2D eigenvalue weighted by Crippen LogP contribution is -2.55. The van der Waals surface area contributed by atoms with E-state index in [-0.39, 0.29) is 37.3 Å². The average Bonchev–Trinajstić information content (AvgIpc) is 3.41. The second-order valence-electron chi connectivity index (χ2n) is 12.3. The predicted octanol–water partition coefficient (Wildman–Crippen LogP) is 3.02. The highest BCUT2D eigenvalue weighted by Crippen LogP contribution is 2.53. The summed E-state index contributed by atoms with van der Waals surface area (Å²) in [7, 11) is 1.71. The normalized spacial score (nSPS) is 33.2. The van der Waals surface area contributed by atoms with E-state index in [1.807, 2.05) is 55.5 Å². The van der Waals surface area contributed by atoms with Crippen molar-refractivity contribution in [2.75, 3.05) is 33.3 Å². The number of carbonyl (C=O) groups excluding carboxylic acids is 4. The number of esters is 1. The maximum Gasteiger partial charge on any atom is 0.313 e. The molecule has 4 heterocycles. The van der Waals surface area contributed by atoms with Gasteiger partial charge in [-0.1, -0.05) is 68.0 Å². The molecule has 0 unspecified atom stereocenters. The van der Waals surface area contributed by atoms with E-state index in [0.717, 1.165) is 18.4 Å². The van der Waals surface area contributed by atoms with Crippen LogP contribution in [0.2, 0.25) is 0 Å². The molecule has 0 aliphatic carbocycles. The molecule has 10 nitrogen and oxygen atoms in total. The standard InChI is InChI=1S/C34H45N3O7/c1-4-5-19-36-20-13-18-34-28(31(40)37(21-11-12-22-38)30(34)32(36)41)27-25(44-34)16-9-10-17-26(39)35(3)23(2)29(43-33(27)42)24-14-7-6-8-15-24/h6-9,13-16,18,23,25,27-30,38H,4-5,10-12,17,19-22H2,1-3H3/b16-9-/t23-,25-,27+,28+,29+,30-,34+/m1/s1. The Balaban J connectivity index is 1.58. The number of nitrogens with zero attached hydrogens (tertiary/aromatic N) is 3. The molecule has 4 aliphatic rings. The topological polar surface area (TPSA) is 117 Å². The van der Waals surface area contributed by atoms with Crippen LogP contribution in [0.25, 0.3) is 0 Å². The molecule has 2 saturated heterocycles. The van der Waals surface area contributed by atoms with Gasteiger partial charge >= 0.3 is 5.97 Å². The zero-order valence-corrected chi connectivity index (χ0v) is 26.0. The van der Waals surface area contributed by atoms with Gasteiger partial charge in [0.1, 0.15) is 23.7 Å². The first-order valence-electron chi connectivity index (χ1n) is 16.0. The van der Waals surface area contributed by atoms with Crippen LogP contribution in [0.3, 0.4) is 0 Å².